The quantitative estimate of drug-likeness (QED) is 0.877. The maximum Gasteiger partial charge on any atom is 0.242 e. The normalized spacial score (nSPS) is 19.6. The van der Waals surface area contributed by atoms with Crippen molar-refractivity contribution < 1.29 is 8.42 Å². The third-order valence-corrected chi connectivity index (χ3v) is 5.75. The lowest BCUT2D eigenvalue weighted by atomic mass is 10.0. The first-order valence-corrected chi connectivity index (χ1v) is 9.12. The van der Waals surface area contributed by atoms with E-state index in [9.17, 15) is 8.42 Å². The van der Waals surface area contributed by atoms with Gasteiger partial charge in [0.25, 0.3) is 0 Å². The van der Waals surface area contributed by atoms with Crippen LogP contribution in [0.1, 0.15) is 32.3 Å². The Bertz CT molecular complexity index is 546. The summed E-state index contributed by atoms with van der Waals surface area (Å²) >= 11 is 0. The van der Waals surface area contributed by atoms with Gasteiger partial charge in [0.15, 0.2) is 0 Å². The van der Waals surface area contributed by atoms with E-state index in [1.54, 1.807) is 19.2 Å². The van der Waals surface area contributed by atoms with E-state index >= 15 is 0 Å². The fourth-order valence-electron chi connectivity index (χ4n) is 2.77. The van der Waals surface area contributed by atoms with Gasteiger partial charge < -0.3 is 5.32 Å². The molecular weight excluding hydrogens is 284 g/mol. The standard InChI is InChI=1S/C16H26N2O2S/c1-13(2)11-14-6-8-16(9-7-14)21(19,20)18(3)12-15-5-4-10-17-15/h6-9,13,15,17H,4-5,10-12H2,1-3H3. The molecule has 2 rings (SSSR count). The van der Waals surface area contributed by atoms with Crippen LogP contribution < -0.4 is 5.32 Å². The van der Waals surface area contributed by atoms with Crippen molar-refractivity contribution in [2.24, 2.45) is 5.92 Å². The molecule has 0 bridgehead atoms. The summed E-state index contributed by atoms with van der Waals surface area (Å²) in [5.74, 6) is 0.573. The molecule has 1 saturated heterocycles. The van der Waals surface area contributed by atoms with Crippen molar-refractivity contribution in [3.63, 3.8) is 0 Å². The summed E-state index contributed by atoms with van der Waals surface area (Å²) in [5.41, 5.74) is 1.18. The predicted octanol–water partition coefficient (Wildman–Crippen LogP) is 2.26. The highest BCUT2D eigenvalue weighted by molar-refractivity contribution is 7.89. The van der Waals surface area contributed by atoms with Crippen LogP contribution in [-0.2, 0) is 16.4 Å². The van der Waals surface area contributed by atoms with Crippen LogP contribution in [0.15, 0.2) is 29.2 Å². The zero-order valence-electron chi connectivity index (χ0n) is 13.2. The molecule has 4 nitrogen and oxygen atoms in total. The van der Waals surface area contributed by atoms with E-state index in [-0.39, 0.29) is 6.04 Å². The number of benzene rings is 1. The van der Waals surface area contributed by atoms with Crippen LogP contribution in [0.4, 0.5) is 0 Å². The molecule has 5 heteroatoms. The Balaban J connectivity index is 2.07. The molecule has 1 atom stereocenters. The average Bonchev–Trinajstić information content (AvgIpc) is 2.91. The minimum absolute atomic E-state index is 0.282. The molecule has 1 unspecified atom stereocenters. The highest BCUT2D eigenvalue weighted by Crippen LogP contribution is 2.18. The third-order valence-electron chi connectivity index (χ3n) is 3.92. The fourth-order valence-corrected chi connectivity index (χ4v) is 3.99. The molecule has 21 heavy (non-hydrogen) atoms. The minimum atomic E-state index is -3.38. The summed E-state index contributed by atoms with van der Waals surface area (Å²) in [7, 11) is -1.71. The lowest BCUT2D eigenvalue weighted by Crippen LogP contribution is -2.38. The monoisotopic (exact) mass is 310 g/mol. The number of hydrogen-bond donors (Lipinski definition) is 1. The molecule has 0 aliphatic carbocycles. The Morgan fingerprint density at radius 3 is 2.48 bits per heavy atom. The van der Waals surface area contributed by atoms with Crippen molar-refractivity contribution in [1.82, 2.24) is 9.62 Å². The van der Waals surface area contributed by atoms with Gasteiger partial charge >= 0.3 is 0 Å². The van der Waals surface area contributed by atoms with E-state index in [0.717, 1.165) is 25.8 Å². The molecule has 0 amide bonds. The van der Waals surface area contributed by atoms with Crippen molar-refractivity contribution in [3.05, 3.63) is 29.8 Å². The number of nitrogens with zero attached hydrogens (tertiary/aromatic N) is 1. The lowest BCUT2D eigenvalue weighted by molar-refractivity contribution is 0.417. The summed E-state index contributed by atoms with van der Waals surface area (Å²) in [6.07, 6.45) is 3.15. The maximum atomic E-state index is 12.6. The Hall–Kier alpha value is -0.910. The highest BCUT2D eigenvalue weighted by Gasteiger charge is 2.25. The average molecular weight is 310 g/mol. The van der Waals surface area contributed by atoms with Crippen LogP contribution >= 0.6 is 0 Å². The molecule has 1 aliphatic rings. The molecule has 1 fully saturated rings. The number of sulfonamides is 1. The van der Waals surface area contributed by atoms with Crippen molar-refractivity contribution in [1.29, 1.82) is 0 Å². The van der Waals surface area contributed by atoms with Gasteiger partial charge in [0, 0.05) is 19.6 Å². The Labute approximate surface area is 128 Å². The number of likely N-dealkylation sites (N-methyl/N-ethyl adjacent to an activating group) is 1. The van der Waals surface area contributed by atoms with Gasteiger partial charge in [0.1, 0.15) is 0 Å². The first kappa shape index (κ1) is 16.5. The van der Waals surface area contributed by atoms with Crippen molar-refractivity contribution >= 4 is 10.0 Å². The number of hydrogen-bond acceptors (Lipinski definition) is 3. The molecule has 1 aromatic carbocycles. The van der Waals surface area contributed by atoms with Crippen LogP contribution in [0, 0.1) is 5.92 Å². The molecule has 1 aromatic rings. The second-order valence-electron chi connectivity index (χ2n) is 6.32. The number of nitrogens with one attached hydrogen (secondary N) is 1. The highest BCUT2D eigenvalue weighted by atomic mass is 32.2. The van der Waals surface area contributed by atoms with Crippen molar-refractivity contribution in [2.45, 2.75) is 44.0 Å². The third kappa shape index (κ3) is 4.28. The Morgan fingerprint density at radius 2 is 1.95 bits per heavy atom. The van der Waals surface area contributed by atoms with Gasteiger partial charge in [-0.05, 0) is 49.4 Å². The summed E-state index contributed by atoms with van der Waals surface area (Å²) in [4.78, 5) is 0.385. The van der Waals surface area contributed by atoms with Gasteiger partial charge in [-0.1, -0.05) is 26.0 Å². The largest absolute Gasteiger partial charge is 0.313 e. The van der Waals surface area contributed by atoms with Gasteiger partial charge in [-0.15, -0.1) is 0 Å². The van der Waals surface area contributed by atoms with Gasteiger partial charge in [0.05, 0.1) is 4.90 Å². The molecule has 0 saturated carbocycles. The zero-order chi connectivity index (χ0) is 15.5. The molecule has 118 valence electrons. The Morgan fingerprint density at radius 1 is 1.29 bits per heavy atom. The van der Waals surface area contributed by atoms with Gasteiger partial charge in [-0.2, -0.15) is 4.31 Å². The fraction of sp³-hybridized carbons (Fsp3) is 0.625. The topological polar surface area (TPSA) is 49.4 Å². The van der Waals surface area contributed by atoms with E-state index in [2.05, 4.69) is 19.2 Å². The lowest BCUT2D eigenvalue weighted by Gasteiger charge is -2.21. The SMILES string of the molecule is CC(C)Cc1ccc(S(=O)(=O)N(C)CC2CCCN2)cc1. The molecule has 0 aromatic heterocycles. The maximum absolute atomic E-state index is 12.6. The van der Waals surface area contributed by atoms with Gasteiger partial charge in [-0.3, -0.25) is 0 Å². The predicted molar refractivity (Wildman–Crippen MR) is 85.8 cm³/mol. The second kappa shape index (κ2) is 6.90. The van der Waals surface area contributed by atoms with Crippen LogP contribution in [0.3, 0.4) is 0 Å². The van der Waals surface area contributed by atoms with E-state index in [1.165, 1.54) is 9.87 Å². The van der Waals surface area contributed by atoms with Crippen molar-refractivity contribution in [3.8, 4) is 0 Å². The van der Waals surface area contributed by atoms with E-state index in [1.807, 2.05) is 12.1 Å². The first-order valence-electron chi connectivity index (χ1n) is 7.68. The first-order chi connectivity index (χ1) is 9.89. The number of rotatable bonds is 6. The molecule has 0 radical (unpaired) electrons. The van der Waals surface area contributed by atoms with Gasteiger partial charge in [-0.25, -0.2) is 8.42 Å². The van der Waals surface area contributed by atoms with E-state index in [4.69, 9.17) is 0 Å². The molecular formula is C16H26N2O2S. The van der Waals surface area contributed by atoms with Crippen LogP contribution in [0.25, 0.3) is 0 Å². The van der Waals surface area contributed by atoms with Crippen LogP contribution in [0.2, 0.25) is 0 Å². The molecule has 1 N–H and O–H groups in total. The van der Waals surface area contributed by atoms with E-state index < -0.39 is 10.0 Å². The molecule has 1 aliphatic heterocycles. The molecule has 1 heterocycles. The summed E-state index contributed by atoms with van der Waals surface area (Å²) in [5, 5.41) is 3.34. The zero-order valence-corrected chi connectivity index (χ0v) is 14.0. The Kier molecular flexibility index (Phi) is 5.41. The van der Waals surface area contributed by atoms with Crippen LogP contribution in [0.5, 0.6) is 0 Å². The van der Waals surface area contributed by atoms with Crippen molar-refractivity contribution in [2.75, 3.05) is 20.1 Å². The summed E-state index contributed by atoms with van der Waals surface area (Å²) < 4.78 is 26.6. The minimum Gasteiger partial charge on any atom is -0.313 e. The summed E-state index contributed by atoms with van der Waals surface area (Å²) in [6, 6.07) is 7.59. The van der Waals surface area contributed by atoms with E-state index in [0.29, 0.717) is 17.4 Å². The smallest absolute Gasteiger partial charge is 0.242 e. The second-order valence-corrected chi connectivity index (χ2v) is 8.37. The van der Waals surface area contributed by atoms with Gasteiger partial charge in [0.2, 0.25) is 10.0 Å². The summed E-state index contributed by atoms with van der Waals surface area (Å²) in [6.45, 7) is 5.85. The van der Waals surface area contributed by atoms with Crippen LogP contribution in [-0.4, -0.2) is 38.9 Å². The molecule has 0 spiro atoms.